The molecule has 3 aromatic rings. The van der Waals surface area contributed by atoms with Crippen LogP contribution in [0.2, 0.25) is 0 Å². The molecule has 124 valence electrons. The minimum absolute atomic E-state index is 0.136. The first-order valence-electron chi connectivity index (χ1n) is 7.88. The third-order valence-electron chi connectivity index (χ3n) is 4.12. The normalized spacial score (nSPS) is 11.3. The van der Waals surface area contributed by atoms with Crippen LogP contribution in [0.1, 0.15) is 35.9 Å². The summed E-state index contributed by atoms with van der Waals surface area (Å²) in [7, 11) is 0. The second-order valence-corrected chi connectivity index (χ2v) is 6.72. The van der Waals surface area contributed by atoms with Gasteiger partial charge in [-0.25, -0.2) is 19.6 Å². The molecule has 0 spiro atoms. The fourth-order valence-electron chi connectivity index (χ4n) is 2.57. The summed E-state index contributed by atoms with van der Waals surface area (Å²) in [6.07, 6.45) is 1.54. The largest absolute Gasteiger partial charge is 0.296 e. The molecule has 0 saturated heterocycles. The van der Waals surface area contributed by atoms with Crippen molar-refractivity contribution in [1.29, 1.82) is 5.26 Å². The molecule has 7 nitrogen and oxygen atoms in total. The number of hydrogen-bond acceptors (Lipinski definition) is 7. The number of fused-ring (bicyclic) bond motifs is 1. The Morgan fingerprint density at radius 1 is 1.25 bits per heavy atom. The summed E-state index contributed by atoms with van der Waals surface area (Å²) >= 11 is 1.66. The van der Waals surface area contributed by atoms with Crippen LogP contribution in [0.3, 0.4) is 0 Å². The molecule has 0 bridgehead atoms. The van der Waals surface area contributed by atoms with Crippen molar-refractivity contribution in [3.05, 3.63) is 28.4 Å². The van der Waals surface area contributed by atoms with Gasteiger partial charge >= 0.3 is 0 Å². The Bertz CT molecular complexity index is 915. The van der Waals surface area contributed by atoms with E-state index in [9.17, 15) is 0 Å². The third kappa shape index (κ3) is 2.88. The summed E-state index contributed by atoms with van der Waals surface area (Å²) in [4.78, 5) is 17.9. The maximum Gasteiger partial charge on any atom is 0.252 e. The van der Waals surface area contributed by atoms with Gasteiger partial charge in [-0.3, -0.25) is 4.90 Å². The molecule has 3 aromatic heterocycles. The highest BCUT2D eigenvalue weighted by atomic mass is 32.1. The van der Waals surface area contributed by atoms with Crippen LogP contribution in [-0.2, 0) is 6.54 Å². The molecule has 8 heteroatoms. The Hall–Kier alpha value is -2.37. The summed E-state index contributed by atoms with van der Waals surface area (Å²) < 4.78 is 1.58. The standard InChI is InChI=1S/C16H19N7S/c1-5-22(6-2)8-13-19-15(23-9-18-12(7-17)21-23)14-10(3)11(4)24-16(14)20-13/h9H,5-6,8H2,1-4H3. The van der Waals surface area contributed by atoms with E-state index in [0.717, 1.165) is 34.7 Å². The van der Waals surface area contributed by atoms with Gasteiger partial charge in [-0.1, -0.05) is 13.8 Å². The van der Waals surface area contributed by atoms with Crippen molar-refractivity contribution in [1.82, 2.24) is 29.6 Å². The van der Waals surface area contributed by atoms with Gasteiger partial charge in [-0.15, -0.1) is 16.4 Å². The van der Waals surface area contributed by atoms with E-state index >= 15 is 0 Å². The Balaban J connectivity index is 2.18. The minimum Gasteiger partial charge on any atom is -0.296 e. The SMILES string of the molecule is CCN(CC)Cc1nc(-n2cnc(C#N)n2)c2c(C)c(C)sc2n1. The van der Waals surface area contributed by atoms with Gasteiger partial charge in [0.1, 0.15) is 23.1 Å². The maximum atomic E-state index is 8.98. The molecular formula is C16H19N7S. The lowest BCUT2D eigenvalue weighted by Crippen LogP contribution is -2.23. The zero-order valence-electron chi connectivity index (χ0n) is 14.2. The van der Waals surface area contributed by atoms with Gasteiger partial charge in [0.05, 0.1) is 11.9 Å². The van der Waals surface area contributed by atoms with Crippen LogP contribution in [0.25, 0.3) is 16.0 Å². The van der Waals surface area contributed by atoms with E-state index < -0.39 is 0 Å². The monoisotopic (exact) mass is 341 g/mol. The summed E-state index contributed by atoms with van der Waals surface area (Å²) in [6, 6.07) is 1.96. The third-order valence-corrected chi connectivity index (χ3v) is 5.23. The van der Waals surface area contributed by atoms with E-state index in [1.807, 2.05) is 6.07 Å². The second-order valence-electron chi connectivity index (χ2n) is 5.51. The Labute approximate surface area is 144 Å². The zero-order valence-corrected chi connectivity index (χ0v) is 15.1. The fourth-order valence-corrected chi connectivity index (χ4v) is 3.61. The van der Waals surface area contributed by atoms with E-state index in [2.05, 4.69) is 42.7 Å². The zero-order chi connectivity index (χ0) is 17.3. The van der Waals surface area contributed by atoms with Crippen LogP contribution in [0.5, 0.6) is 0 Å². The highest BCUT2D eigenvalue weighted by Crippen LogP contribution is 2.32. The quantitative estimate of drug-likeness (QED) is 0.709. The van der Waals surface area contributed by atoms with Crippen molar-refractivity contribution in [3.63, 3.8) is 0 Å². The molecule has 0 aliphatic carbocycles. The van der Waals surface area contributed by atoms with E-state index in [4.69, 9.17) is 15.2 Å². The molecule has 0 aromatic carbocycles. The molecule has 0 fully saturated rings. The van der Waals surface area contributed by atoms with Gasteiger partial charge in [-0.2, -0.15) is 5.26 Å². The summed E-state index contributed by atoms with van der Waals surface area (Å²) in [5, 5.41) is 14.2. The first kappa shape index (κ1) is 16.5. The minimum atomic E-state index is 0.136. The van der Waals surface area contributed by atoms with Crippen molar-refractivity contribution >= 4 is 21.6 Å². The Morgan fingerprint density at radius 2 is 2.00 bits per heavy atom. The molecule has 0 amide bonds. The van der Waals surface area contributed by atoms with Crippen molar-refractivity contribution in [2.45, 2.75) is 34.2 Å². The molecule has 0 unspecified atom stereocenters. The van der Waals surface area contributed by atoms with Crippen LogP contribution >= 0.6 is 11.3 Å². The lowest BCUT2D eigenvalue weighted by molar-refractivity contribution is 0.288. The van der Waals surface area contributed by atoms with Gasteiger partial charge in [0.25, 0.3) is 5.82 Å². The number of aromatic nitrogens is 5. The number of thiophene rings is 1. The number of hydrogen-bond donors (Lipinski definition) is 0. The van der Waals surface area contributed by atoms with E-state index in [1.54, 1.807) is 16.0 Å². The maximum absolute atomic E-state index is 8.98. The van der Waals surface area contributed by atoms with Crippen molar-refractivity contribution in [3.8, 4) is 11.9 Å². The molecule has 0 aliphatic heterocycles. The lowest BCUT2D eigenvalue weighted by atomic mass is 10.2. The van der Waals surface area contributed by atoms with Gasteiger partial charge in [-0.05, 0) is 32.5 Å². The number of aryl methyl sites for hydroxylation is 2. The topological polar surface area (TPSA) is 83.5 Å². The second kappa shape index (κ2) is 6.63. The molecule has 0 aliphatic rings. The highest BCUT2D eigenvalue weighted by Gasteiger charge is 2.18. The number of nitriles is 1. The molecule has 0 saturated carbocycles. The van der Waals surface area contributed by atoms with E-state index in [1.165, 1.54) is 11.2 Å². The molecular weight excluding hydrogens is 322 g/mol. The van der Waals surface area contributed by atoms with Crippen molar-refractivity contribution in [2.75, 3.05) is 13.1 Å². The van der Waals surface area contributed by atoms with Gasteiger partial charge < -0.3 is 0 Å². The fraction of sp³-hybridized carbons (Fsp3) is 0.438. The Morgan fingerprint density at radius 3 is 2.62 bits per heavy atom. The van der Waals surface area contributed by atoms with Crippen LogP contribution in [0.15, 0.2) is 6.33 Å². The number of rotatable bonds is 5. The predicted molar refractivity (Wildman–Crippen MR) is 93.1 cm³/mol. The average molecular weight is 341 g/mol. The van der Waals surface area contributed by atoms with Gasteiger partial charge in [0, 0.05) is 4.88 Å². The molecule has 3 heterocycles. The van der Waals surface area contributed by atoms with Crippen LogP contribution in [-0.4, -0.2) is 42.7 Å². The highest BCUT2D eigenvalue weighted by molar-refractivity contribution is 7.18. The van der Waals surface area contributed by atoms with Gasteiger partial charge in [0.2, 0.25) is 0 Å². The molecule has 0 radical (unpaired) electrons. The average Bonchev–Trinajstić information content (AvgIpc) is 3.17. The molecule has 3 rings (SSSR count). The van der Waals surface area contributed by atoms with E-state index in [0.29, 0.717) is 12.4 Å². The molecule has 0 N–H and O–H groups in total. The van der Waals surface area contributed by atoms with Gasteiger partial charge in [0.15, 0.2) is 5.82 Å². The van der Waals surface area contributed by atoms with E-state index in [-0.39, 0.29) is 5.82 Å². The van der Waals surface area contributed by atoms with Crippen molar-refractivity contribution < 1.29 is 0 Å². The first-order chi connectivity index (χ1) is 11.6. The summed E-state index contributed by atoms with van der Waals surface area (Å²) in [5.41, 5.74) is 1.15. The predicted octanol–water partition coefficient (Wildman–Crippen LogP) is 2.60. The van der Waals surface area contributed by atoms with Crippen LogP contribution < -0.4 is 0 Å². The number of nitrogens with zero attached hydrogens (tertiary/aromatic N) is 7. The molecule has 0 atom stereocenters. The smallest absolute Gasteiger partial charge is 0.252 e. The first-order valence-corrected chi connectivity index (χ1v) is 8.70. The summed E-state index contributed by atoms with van der Waals surface area (Å²) in [5.74, 6) is 1.59. The summed E-state index contributed by atoms with van der Waals surface area (Å²) in [6.45, 7) is 11.0. The van der Waals surface area contributed by atoms with Crippen LogP contribution in [0, 0.1) is 25.2 Å². The van der Waals surface area contributed by atoms with Crippen molar-refractivity contribution in [2.24, 2.45) is 0 Å². The Kier molecular flexibility index (Phi) is 4.55. The van der Waals surface area contributed by atoms with Crippen LogP contribution in [0.4, 0.5) is 0 Å². The lowest BCUT2D eigenvalue weighted by Gasteiger charge is -2.17. The molecule has 24 heavy (non-hydrogen) atoms.